The lowest BCUT2D eigenvalue weighted by molar-refractivity contribution is 0.341. The van der Waals surface area contributed by atoms with E-state index in [0.717, 1.165) is 31.4 Å². The molecule has 0 radical (unpaired) electrons. The number of benzene rings is 2. The summed E-state index contributed by atoms with van der Waals surface area (Å²) in [6.45, 7) is 0.887. The minimum Gasteiger partial charge on any atom is -0.319 e. The molecule has 0 saturated carbocycles. The van der Waals surface area contributed by atoms with Gasteiger partial charge in [-0.3, -0.25) is 0 Å². The highest BCUT2D eigenvalue weighted by Gasteiger charge is 2.36. The summed E-state index contributed by atoms with van der Waals surface area (Å²) in [5.41, 5.74) is 3.65. The van der Waals surface area contributed by atoms with Gasteiger partial charge in [0, 0.05) is 12.0 Å². The number of hydrogen-bond acceptors (Lipinski definition) is 1. The van der Waals surface area contributed by atoms with Crippen LogP contribution in [0.1, 0.15) is 29.5 Å². The van der Waals surface area contributed by atoms with Crippen molar-refractivity contribution in [2.75, 3.05) is 13.6 Å². The van der Waals surface area contributed by atoms with Crippen LogP contribution < -0.4 is 5.32 Å². The smallest absolute Gasteiger partial charge is 0.126 e. The van der Waals surface area contributed by atoms with E-state index in [9.17, 15) is 4.39 Å². The van der Waals surface area contributed by atoms with Crippen LogP contribution in [0.15, 0.2) is 48.5 Å². The summed E-state index contributed by atoms with van der Waals surface area (Å²) in [6, 6.07) is 15.8. The molecule has 0 heterocycles. The molecule has 1 unspecified atom stereocenters. The zero-order valence-corrected chi connectivity index (χ0v) is 12.5. The van der Waals surface area contributed by atoms with E-state index in [1.165, 1.54) is 17.5 Å². The van der Waals surface area contributed by atoms with E-state index in [4.69, 9.17) is 0 Å². The van der Waals surface area contributed by atoms with Crippen LogP contribution in [0.5, 0.6) is 0 Å². The second-order valence-electron chi connectivity index (χ2n) is 6.09. The molecule has 0 saturated heterocycles. The number of rotatable bonds is 4. The molecule has 0 amide bonds. The maximum Gasteiger partial charge on any atom is 0.126 e. The van der Waals surface area contributed by atoms with Crippen LogP contribution in [0, 0.1) is 5.82 Å². The van der Waals surface area contributed by atoms with Crippen LogP contribution in [0.25, 0.3) is 0 Å². The Morgan fingerprint density at radius 3 is 2.67 bits per heavy atom. The summed E-state index contributed by atoms with van der Waals surface area (Å²) in [5.74, 6) is -0.0870. The summed E-state index contributed by atoms with van der Waals surface area (Å²) >= 11 is 0. The first kappa shape index (κ1) is 14.3. The standard InChI is InChI=1S/C19H22FN/c1-21-14-19(13-16-8-3-5-11-18(16)20)12-6-9-15-7-2-4-10-17(15)19/h2-5,7-8,10-11,21H,6,9,12-14H2,1H3. The third kappa shape index (κ3) is 2.73. The van der Waals surface area contributed by atoms with Crippen LogP contribution in [0.4, 0.5) is 4.39 Å². The fraction of sp³-hybridized carbons (Fsp3) is 0.368. The predicted octanol–water partition coefficient (Wildman–Crippen LogP) is 3.86. The van der Waals surface area contributed by atoms with Gasteiger partial charge in [-0.05, 0) is 55.5 Å². The highest BCUT2D eigenvalue weighted by molar-refractivity contribution is 5.39. The van der Waals surface area contributed by atoms with E-state index in [1.54, 1.807) is 12.1 Å². The maximum atomic E-state index is 14.1. The Hall–Kier alpha value is -1.67. The molecule has 0 bridgehead atoms. The summed E-state index contributed by atoms with van der Waals surface area (Å²) < 4.78 is 14.1. The molecule has 2 heteroatoms. The van der Waals surface area contributed by atoms with E-state index in [0.29, 0.717) is 0 Å². The average Bonchev–Trinajstić information content (AvgIpc) is 2.50. The van der Waals surface area contributed by atoms with E-state index in [1.807, 2.05) is 19.2 Å². The van der Waals surface area contributed by atoms with Crippen molar-refractivity contribution in [1.82, 2.24) is 5.32 Å². The Morgan fingerprint density at radius 2 is 1.86 bits per heavy atom. The topological polar surface area (TPSA) is 12.0 Å². The Kier molecular flexibility index (Phi) is 4.07. The molecule has 3 rings (SSSR count). The van der Waals surface area contributed by atoms with E-state index < -0.39 is 0 Å². The molecule has 1 aliphatic carbocycles. The summed E-state index contributed by atoms with van der Waals surface area (Å²) in [7, 11) is 1.99. The van der Waals surface area contributed by atoms with Crippen molar-refractivity contribution in [1.29, 1.82) is 0 Å². The summed E-state index contributed by atoms with van der Waals surface area (Å²) in [4.78, 5) is 0. The zero-order valence-electron chi connectivity index (χ0n) is 12.5. The third-order valence-electron chi connectivity index (χ3n) is 4.69. The number of fused-ring (bicyclic) bond motifs is 1. The zero-order chi connectivity index (χ0) is 14.7. The van der Waals surface area contributed by atoms with Gasteiger partial charge in [0.1, 0.15) is 5.82 Å². The van der Waals surface area contributed by atoms with Gasteiger partial charge < -0.3 is 5.32 Å². The monoisotopic (exact) mass is 283 g/mol. The minimum absolute atomic E-state index is 0.00574. The SMILES string of the molecule is CNCC1(Cc2ccccc2F)CCCc2ccccc21. The van der Waals surface area contributed by atoms with Gasteiger partial charge in [0.05, 0.1) is 0 Å². The van der Waals surface area contributed by atoms with Gasteiger partial charge in [0.25, 0.3) is 0 Å². The number of nitrogens with one attached hydrogen (secondary N) is 1. The summed E-state index contributed by atoms with van der Waals surface area (Å²) in [5, 5.41) is 3.34. The van der Waals surface area contributed by atoms with Crippen LogP contribution in [0.3, 0.4) is 0 Å². The normalized spacial score (nSPS) is 21.0. The van der Waals surface area contributed by atoms with Crippen LogP contribution in [-0.2, 0) is 18.3 Å². The summed E-state index contributed by atoms with van der Waals surface area (Å²) in [6.07, 6.45) is 4.18. The van der Waals surface area contributed by atoms with Crippen molar-refractivity contribution in [2.45, 2.75) is 31.1 Å². The fourth-order valence-corrected chi connectivity index (χ4v) is 3.78. The second-order valence-corrected chi connectivity index (χ2v) is 6.09. The van der Waals surface area contributed by atoms with E-state index in [-0.39, 0.29) is 11.2 Å². The van der Waals surface area contributed by atoms with Gasteiger partial charge >= 0.3 is 0 Å². The van der Waals surface area contributed by atoms with Crippen molar-refractivity contribution in [3.05, 3.63) is 71.0 Å². The molecule has 1 nitrogen and oxygen atoms in total. The molecule has 1 atom stereocenters. The Bertz CT molecular complexity index is 622. The number of likely N-dealkylation sites (N-methyl/N-ethyl adjacent to an activating group) is 1. The van der Waals surface area contributed by atoms with Crippen molar-refractivity contribution in [3.63, 3.8) is 0 Å². The van der Waals surface area contributed by atoms with Crippen molar-refractivity contribution in [2.24, 2.45) is 0 Å². The van der Waals surface area contributed by atoms with E-state index >= 15 is 0 Å². The number of aryl methyl sites for hydroxylation is 1. The molecule has 110 valence electrons. The Balaban J connectivity index is 2.03. The molecule has 1 N–H and O–H groups in total. The molecule has 1 aliphatic rings. The molecule has 2 aromatic rings. The first-order valence-electron chi connectivity index (χ1n) is 7.72. The van der Waals surface area contributed by atoms with Crippen LogP contribution >= 0.6 is 0 Å². The molecular weight excluding hydrogens is 261 g/mol. The molecule has 0 aliphatic heterocycles. The molecule has 0 fully saturated rings. The van der Waals surface area contributed by atoms with Gasteiger partial charge in [-0.2, -0.15) is 0 Å². The number of hydrogen-bond donors (Lipinski definition) is 1. The second kappa shape index (κ2) is 5.98. The van der Waals surface area contributed by atoms with Crippen LogP contribution in [-0.4, -0.2) is 13.6 Å². The van der Waals surface area contributed by atoms with Gasteiger partial charge in [0.2, 0.25) is 0 Å². The Labute approximate surface area is 126 Å². The van der Waals surface area contributed by atoms with Gasteiger partial charge in [-0.1, -0.05) is 42.5 Å². The van der Waals surface area contributed by atoms with Gasteiger partial charge in [-0.25, -0.2) is 4.39 Å². The molecule has 21 heavy (non-hydrogen) atoms. The maximum absolute atomic E-state index is 14.1. The predicted molar refractivity (Wildman–Crippen MR) is 85.1 cm³/mol. The van der Waals surface area contributed by atoms with Crippen LogP contribution in [0.2, 0.25) is 0 Å². The lowest BCUT2D eigenvalue weighted by Crippen LogP contribution is -2.42. The van der Waals surface area contributed by atoms with Gasteiger partial charge in [-0.15, -0.1) is 0 Å². The molecule has 0 aromatic heterocycles. The van der Waals surface area contributed by atoms with E-state index in [2.05, 4.69) is 29.6 Å². The Morgan fingerprint density at radius 1 is 1.10 bits per heavy atom. The van der Waals surface area contributed by atoms with Crippen molar-refractivity contribution < 1.29 is 4.39 Å². The first-order valence-corrected chi connectivity index (χ1v) is 7.72. The lowest BCUT2D eigenvalue weighted by Gasteiger charge is -2.39. The largest absolute Gasteiger partial charge is 0.319 e. The third-order valence-corrected chi connectivity index (χ3v) is 4.69. The first-order chi connectivity index (χ1) is 10.2. The molecular formula is C19H22FN. The molecule has 2 aromatic carbocycles. The highest BCUT2D eigenvalue weighted by atomic mass is 19.1. The lowest BCUT2D eigenvalue weighted by atomic mass is 9.66. The van der Waals surface area contributed by atoms with Crippen molar-refractivity contribution >= 4 is 0 Å². The van der Waals surface area contributed by atoms with Gasteiger partial charge in [0.15, 0.2) is 0 Å². The minimum atomic E-state index is -0.0870. The quantitative estimate of drug-likeness (QED) is 0.898. The fourth-order valence-electron chi connectivity index (χ4n) is 3.78. The average molecular weight is 283 g/mol. The highest BCUT2D eigenvalue weighted by Crippen LogP contribution is 2.40. The van der Waals surface area contributed by atoms with Crippen molar-refractivity contribution in [3.8, 4) is 0 Å². The number of halogens is 1. The molecule has 0 spiro atoms.